The van der Waals surface area contributed by atoms with Gasteiger partial charge in [0.15, 0.2) is 5.82 Å². The first-order valence-corrected chi connectivity index (χ1v) is 5.86. The molecule has 0 radical (unpaired) electrons. The maximum absolute atomic E-state index is 5.59. The molecule has 0 amide bonds. The molecule has 0 saturated heterocycles. The summed E-state index contributed by atoms with van der Waals surface area (Å²) < 4.78 is 5.00. The van der Waals surface area contributed by atoms with Gasteiger partial charge < -0.3 is 4.52 Å². The number of rotatable bonds is 3. The van der Waals surface area contributed by atoms with Crippen molar-refractivity contribution < 1.29 is 4.52 Å². The van der Waals surface area contributed by atoms with E-state index >= 15 is 0 Å². The molecule has 2 aromatic rings. The van der Waals surface area contributed by atoms with Crippen molar-refractivity contribution in [3.63, 3.8) is 0 Å². The van der Waals surface area contributed by atoms with Crippen LogP contribution in [0.2, 0.25) is 0 Å². The smallest absolute Gasteiger partial charge is 0.250 e. The molecule has 0 aliphatic carbocycles. The number of aryl methyl sites for hydroxylation is 2. The number of nitrogens with zero attached hydrogens (tertiary/aromatic N) is 2. The van der Waals surface area contributed by atoms with Gasteiger partial charge >= 0.3 is 0 Å². The highest BCUT2D eigenvalue weighted by Crippen LogP contribution is 2.12. The molecule has 0 spiro atoms. The van der Waals surface area contributed by atoms with E-state index in [1.807, 2.05) is 6.08 Å². The first-order valence-electron chi connectivity index (χ1n) is 5.33. The average molecular weight is 249 g/mol. The molecular formula is C13H13ClN2O. The zero-order valence-electron chi connectivity index (χ0n) is 9.77. The highest BCUT2D eigenvalue weighted by molar-refractivity contribution is 6.16. The largest absolute Gasteiger partial charge is 0.335 e. The van der Waals surface area contributed by atoms with Crippen molar-refractivity contribution in [1.29, 1.82) is 0 Å². The standard InChI is InChI=1S/C13H13ClN2O/c1-9-3-4-11(7-10(9)2)5-6-13-15-12(8-14)16-17-13/h3-7H,8H2,1-2H3/b6-5+. The summed E-state index contributed by atoms with van der Waals surface area (Å²) in [6.07, 6.45) is 3.73. The van der Waals surface area contributed by atoms with Crippen LogP contribution in [0.25, 0.3) is 12.2 Å². The summed E-state index contributed by atoms with van der Waals surface area (Å²) >= 11 is 5.59. The van der Waals surface area contributed by atoms with Gasteiger partial charge in [0.1, 0.15) is 0 Å². The normalized spacial score (nSPS) is 11.2. The first-order chi connectivity index (χ1) is 8.19. The molecule has 0 saturated carbocycles. The molecule has 1 aromatic heterocycles. The van der Waals surface area contributed by atoms with E-state index < -0.39 is 0 Å². The van der Waals surface area contributed by atoms with Gasteiger partial charge in [-0.25, -0.2) is 0 Å². The minimum absolute atomic E-state index is 0.265. The van der Waals surface area contributed by atoms with Crippen molar-refractivity contribution in [2.75, 3.05) is 0 Å². The van der Waals surface area contributed by atoms with Gasteiger partial charge in [-0.1, -0.05) is 23.4 Å². The number of aromatic nitrogens is 2. The van der Waals surface area contributed by atoms with Crippen LogP contribution in [0.3, 0.4) is 0 Å². The van der Waals surface area contributed by atoms with Crippen molar-refractivity contribution in [3.05, 3.63) is 46.6 Å². The fraction of sp³-hybridized carbons (Fsp3) is 0.231. The van der Waals surface area contributed by atoms with E-state index in [1.165, 1.54) is 11.1 Å². The Labute approximate surface area is 105 Å². The molecule has 0 fully saturated rings. The van der Waals surface area contributed by atoms with E-state index in [0.717, 1.165) is 5.56 Å². The van der Waals surface area contributed by atoms with Crippen LogP contribution >= 0.6 is 11.6 Å². The Kier molecular flexibility index (Phi) is 3.59. The highest BCUT2D eigenvalue weighted by atomic mass is 35.5. The van der Waals surface area contributed by atoms with Crippen molar-refractivity contribution in [2.24, 2.45) is 0 Å². The van der Waals surface area contributed by atoms with Gasteiger partial charge in [0.05, 0.1) is 5.88 Å². The van der Waals surface area contributed by atoms with Gasteiger partial charge in [0.2, 0.25) is 0 Å². The van der Waals surface area contributed by atoms with Crippen LogP contribution in [-0.4, -0.2) is 10.1 Å². The van der Waals surface area contributed by atoms with Crippen LogP contribution in [0.4, 0.5) is 0 Å². The number of alkyl halides is 1. The lowest BCUT2D eigenvalue weighted by molar-refractivity contribution is 0.405. The molecule has 1 aromatic carbocycles. The molecule has 0 atom stereocenters. The zero-order valence-corrected chi connectivity index (χ0v) is 10.5. The van der Waals surface area contributed by atoms with Crippen molar-refractivity contribution in [3.8, 4) is 0 Å². The Balaban J connectivity index is 2.16. The van der Waals surface area contributed by atoms with Crippen molar-refractivity contribution in [1.82, 2.24) is 10.1 Å². The third-order valence-corrected chi connectivity index (χ3v) is 2.79. The summed E-state index contributed by atoms with van der Waals surface area (Å²) in [6, 6.07) is 6.26. The SMILES string of the molecule is Cc1ccc(/C=C/c2nc(CCl)no2)cc1C. The van der Waals surface area contributed by atoms with Gasteiger partial charge in [0, 0.05) is 6.08 Å². The molecular weight excluding hydrogens is 236 g/mol. The van der Waals surface area contributed by atoms with E-state index in [9.17, 15) is 0 Å². The Morgan fingerprint density at radius 2 is 2.06 bits per heavy atom. The average Bonchev–Trinajstić information content (AvgIpc) is 2.79. The van der Waals surface area contributed by atoms with Gasteiger partial charge in [-0.15, -0.1) is 11.6 Å². The summed E-state index contributed by atoms with van der Waals surface area (Å²) in [5.74, 6) is 1.24. The Morgan fingerprint density at radius 1 is 1.24 bits per heavy atom. The van der Waals surface area contributed by atoms with Crippen LogP contribution in [-0.2, 0) is 5.88 Å². The van der Waals surface area contributed by atoms with Crippen LogP contribution < -0.4 is 0 Å². The number of benzene rings is 1. The van der Waals surface area contributed by atoms with Gasteiger partial charge in [0.25, 0.3) is 5.89 Å². The first kappa shape index (κ1) is 11.9. The van der Waals surface area contributed by atoms with Crippen molar-refractivity contribution >= 4 is 23.8 Å². The van der Waals surface area contributed by atoms with Gasteiger partial charge in [-0.3, -0.25) is 0 Å². The molecule has 17 heavy (non-hydrogen) atoms. The van der Waals surface area contributed by atoms with Crippen LogP contribution in [0.5, 0.6) is 0 Å². The third kappa shape index (κ3) is 2.94. The minimum atomic E-state index is 0.265. The highest BCUT2D eigenvalue weighted by Gasteiger charge is 2.00. The molecule has 0 aliphatic rings. The fourth-order valence-electron chi connectivity index (χ4n) is 1.43. The number of hydrogen-bond acceptors (Lipinski definition) is 3. The van der Waals surface area contributed by atoms with Crippen LogP contribution in [0, 0.1) is 13.8 Å². The predicted octanol–water partition coefficient (Wildman–Crippen LogP) is 3.60. The molecule has 4 heteroatoms. The summed E-state index contributed by atoms with van der Waals surface area (Å²) in [6.45, 7) is 4.18. The second-order valence-electron chi connectivity index (χ2n) is 3.86. The van der Waals surface area contributed by atoms with E-state index in [1.54, 1.807) is 6.08 Å². The second-order valence-corrected chi connectivity index (χ2v) is 4.13. The van der Waals surface area contributed by atoms with E-state index in [4.69, 9.17) is 16.1 Å². The Bertz CT molecular complexity index is 546. The Hall–Kier alpha value is -1.61. The van der Waals surface area contributed by atoms with Crippen LogP contribution in [0.15, 0.2) is 22.7 Å². The maximum atomic E-state index is 5.59. The molecule has 0 aliphatic heterocycles. The molecule has 1 heterocycles. The minimum Gasteiger partial charge on any atom is -0.335 e. The Morgan fingerprint density at radius 3 is 2.71 bits per heavy atom. The lowest BCUT2D eigenvalue weighted by Gasteiger charge is -1.99. The molecule has 0 bridgehead atoms. The monoisotopic (exact) mass is 248 g/mol. The topological polar surface area (TPSA) is 38.9 Å². The van der Waals surface area contributed by atoms with E-state index in [0.29, 0.717) is 11.7 Å². The lowest BCUT2D eigenvalue weighted by Crippen LogP contribution is -1.81. The van der Waals surface area contributed by atoms with E-state index in [-0.39, 0.29) is 5.88 Å². The lowest BCUT2D eigenvalue weighted by atomic mass is 10.1. The quantitative estimate of drug-likeness (QED) is 0.779. The molecule has 3 nitrogen and oxygen atoms in total. The molecule has 88 valence electrons. The maximum Gasteiger partial charge on any atom is 0.250 e. The molecule has 0 unspecified atom stereocenters. The second kappa shape index (κ2) is 5.15. The van der Waals surface area contributed by atoms with Gasteiger partial charge in [-0.05, 0) is 36.6 Å². The predicted molar refractivity (Wildman–Crippen MR) is 68.7 cm³/mol. The summed E-state index contributed by atoms with van der Waals surface area (Å²) in [5, 5.41) is 3.71. The molecule has 2 rings (SSSR count). The van der Waals surface area contributed by atoms with Crippen molar-refractivity contribution in [2.45, 2.75) is 19.7 Å². The summed E-state index contributed by atoms with van der Waals surface area (Å²) in [5.41, 5.74) is 3.65. The number of hydrogen-bond donors (Lipinski definition) is 0. The number of halogens is 1. The van der Waals surface area contributed by atoms with Crippen LogP contribution in [0.1, 0.15) is 28.4 Å². The summed E-state index contributed by atoms with van der Waals surface area (Å²) in [4.78, 5) is 4.09. The zero-order chi connectivity index (χ0) is 12.3. The van der Waals surface area contributed by atoms with E-state index in [2.05, 4.69) is 42.2 Å². The third-order valence-electron chi connectivity index (χ3n) is 2.55. The molecule has 0 N–H and O–H groups in total. The fourth-order valence-corrected chi connectivity index (χ4v) is 1.53. The van der Waals surface area contributed by atoms with Gasteiger partial charge in [-0.2, -0.15) is 4.98 Å². The summed E-state index contributed by atoms with van der Waals surface area (Å²) in [7, 11) is 0.